The third kappa shape index (κ3) is 6.22. The molecule has 1 aromatic rings. The molecule has 1 aliphatic rings. The van der Waals surface area contributed by atoms with E-state index in [1.807, 2.05) is 7.05 Å². The Morgan fingerprint density at radius 1 is 1.26 bits per heavy atom. The normalized spacial score (nSPS) is 17.3. The van der Waals surface area contributed by atoms with Crippen molar-refractivity contribution in [3.8, 4) is 0 Å². The van der Waals surface area contributed by atoms with Crippen molar-refractivity contribution >= 4 is 5.96 Å². The van der Waals surface area contributed by atoms with Gasteiger partial charge >= 0.3 is 0 Å². The van der Waals surface area contributed by atoms with Gasteiger partial charge in [0.05, 0.1) is 0 Å². The molecule has 2 N–H and O–H groups in total. The van der Waals surface area contributed by atoms with Gasteiger partial charge in [-0.25, -0.2) is 0 Å². The first-order valence-electron chi connectivity index (χ1n) is 8.92. The van der Waals surface area contributed by atoms with Gasteiger partial charge in [-0.1, -0.05) is 36.8 Å². The number of likely N-dealkylation sites (tertiary alicyclic amines) is 1. The number of hydrogen-bond donors (Lipinski definition) is 2. The van der Waals surface area contributed by atoms with Crippen LogP contribution in [0.1, 0.15) is 43.2 Å². The molecule has 0 bridgehead atoms. The van der Waals surface area contributed by atoms with Gasteiger partial charge < -0.3 is 15.5 Å². The number of aryl methyl sites for hydroxylation is 1. The minimum absolute atomic E-state index is 0.470. The summed E-state index contributed by atoms with van der Waals surface area (Å²) < 4.78 is 0. The first kappa shape index (κ1) is 17.8. The van der Waals surface area contributed by atoms with Crippen molar-refractivity contribution < 1.29 is 0 Å². The Morgan fingerprint density at radius 3 is 2.74 bits per heavy atom. The third-order valence-electron chi connectivity index (χ3n) is 4.55. The second kappa shape index (κ2) is 9.56. The Bertz CT molecular complexity index is 492. The summed E-state index contributed by atoms with van der Waals surface area (Å²) in [6.07, 6.45) is 3.91. The average molecular weight is 316 g/mol. The van der Waals surface area contributed by atoms with Gasteiger partial charge in [-0.15, -0.1) is 0 Å². The molecule has 0 amide bonds. The van der Waals surface area contributed by atoms with E-state index < -0.39 is 0 Å². The molecule has 1 saturated heterocycles. The van der Waals surface area contributed by atoms with Crippen LogP contribution < -0.4 is 10.6 Å². The fraction of sp³-hybridized carbons (Fsp3) is 0.632. The van der Waals surface area contributed by atoms with Crippen molar-refractivity contribution in [1.82, 2.24) is 15.5 Å². The maximum atomic E-state index is 4.32. The van der Waals surface area contributed by atoms with Crippen molar-refractivity contribution in [2.24, 2.45) is 4.99 Å². The molecular weight excluding hydrogens is 284 g/mol. The highest BCUT2D eigenvalue weighted by Gasteiger charge is 2.10. The Balaban J connectivity index is 1.66. The minimum Gasteiger partial charge on any atom is -0.356 e. The van der Waals surface area contributed by atoms with E-state index >= 15 is 0 Å². The van der Waals surface area contributed by atoms with Crippen molar-refractivity contribution in [1.29, 1.82) is 0 Å². The van der Waals surface area contributed by atoms with Crippen LogP contribution in [-0.2, 0) is 0 Å². The second-order valence-corrected chi connectivity index (χ2v) is 6.60. The van der Waals surface area contributed by atoms with Crippen molar-refractivity contribution in [3.05, 3.63) is 35.4 Å². The lowest BCUT2D eigenvalue weighted by atomic mass is 9.99. The lowest BCUT2D eigenvalue weighted by Gasteiger charge is -2.18. The zero-order valence-corrected chi connectivity index (χ0v) is 14.9. The number of hydrogen-bond acceptors (Lipinski definition) is 2. The molecule has 0 aliphatic carbocycles. The molecular formula is C19H32N4. The van der Waals surface area contributed by atoms with Gasteiger partial charge in [0.25, 0.3) is 0 Å². The molecule has 4 nitrogen and oxygen atoms in total. The molecule has 1 unspecified atom stereocenters. The molecule has 2 rings (SSSR count). The second-order valence-electron chi connectivity index (χ2n) is 6.60. The van der Waals surface area contributed by atoms with E-state index in [9.17, 15) is 0 Å². The quantitative estimate of drug-likeness (QED) is 0.462. The van der Waals surface area contributed by atoms with Gasteiger partial charge in [-0.3, -0.25) is 4.99 Å². The lowest BCUT2D eigenvalue weighted by Crippen LogP contribution is -2.40. The molecule has 4 heteroatoms. The van der Waals surface area contributed by atoms with E-state index in [1.54, 1.807) is 0 Å². The van der Waals surface area contributed by atoms with Crippen molar-refractivity contribution in [2.75, 3.05) is 39.8 Å². The molecule has 1 atom stereocenters. The van der Waals surface area contributed by atoms with Crippen LogP contribution in [0.25, 0.3) is 0 Å². The van der Waals surface area contributed by atoms with E-state index in [1.165, 1.54) is 50.0 Å². The van der Waals surface area contributed by atoms with Crippen LogP contribution in [0.15, 0.2) is 29.3 Å². The minimum atomic E-state index is 0.470. The maximum Gasteiger partial charge on any atom is 0.190 e. The van der Waals surface area contributed by atoms with Gasteiger partial charge in [0, 0.05) is 20.1 Å². The molecule has 128 valence electrons. The molecule has 0 saturated carbocycles. The number of nitrogens with zero attached hydrogens (tertiary/aromatic N) is 2. The molecule has 1 heterocycles. The lowest BCUT2D eigenvalue weighted by molar-refractivity contribution is 0.334. The fourth-order valence-corrected chi connectivity index (χ4v) is 3.08. The highest BCUT2D eigenvalue weighted by atomic mass is 15.2. The number of benzene rings is 1. The topological polar surface area (TPSA) is 39.7 Å². The molecule has 0 aromatic heterocycles. The summed E-state index contributed by atoms with van der Waals surface area (Å²) in [5.41, 5.74) is 2.70. The van der Waals surface area contributed by atoms with Crippen LogP contribution >= 0.6 is 0 Å². The smallest absolute Gasteiger partial charge is 0.190 e. The maximum absolute atomic E-state index is 4.32. The van der Waals surface area contributed by atoms with E-state index in [0.717, 1.165) is 19.0 Å². The van der Waals surface area contributed by atoms with Crippen LogP contribution in [0.3, 0.4) is 0 Å². The molecule has 1 fully saturated rings. The number of aliphatic imine (C=N–C) groups is 1. The highest BCUT2D eigenvalue weighted by molar-refractivity contribution is 5.79. The molecule has 23 heavy (non-hydrogen) atoms. The van der Waals surface area contributed by atoms with Crippen LogP contribution in [0.4, 0.5) is 0 Å². The largest absolute Gasteiger partial charge is 0.356 e. The zero-order valence-electron chi connectivity index (χ0n) is 14.9. The Morgan fingerprint density at radius 2 is 2.04 bits per heavy atom. The third-order valence-corrected chi connectivity index (χ3v) is 4.55. The van der Waals surface area contributed by atoms with Crippen LogP contribution in [0, 0.1) is 6.92 Å². The summed E-state index contributed by atoms with van der Waals surface area (Å²) >= 11 is 0. The SMILES string of the molecule is CN=C(NCCCN1CCCC1)NCC(C)c1cccc(C)c1. The number of rotatable bonds is 7. The number of nitrogens with one attached hydrogen (secondary N) is 2. The molecule has 1 aromatic carbocycles. The van der Waals surface area contributed by atoms with E-state index in [-0.39, 0.29) is 0 Å². The summed E-state index contributed by atoms with van der Waals surface area (Å²) in [6, 6.07) is 8.74. The average Bonchev–Trinajstić information content (AvgIpc) is 3.07. The van der Waals surface area contributed by atoms with E-state index in [0.29, 0.717) is 5.92 Å². The van der Waals surface area contributed by atoms with Gasteiger partial charge in [0.1, 0.15) is 0 Å². The van der Waals surface area contributed by atoms with E-state index in [4.69, 9.17) is 0 Å². The summed E-state index contributed by atoms with van der Waals surface area (Å²) in [4.78, 5) is 6.87. The summed E-state index contributed by atoms with van der Waals surface area (Å²) in [7, 11) is 1.84. The van der Waals surface area contributed by atoms with Crippen molar-refractivity contribution in [2.45, 2.75) is 39.0 Å². The zero-order chi connectivity index (χ0) is 16.5. The standard InChI is InChI=1S/C19H32N4/c1-16-8-6-9-18(14-16)17(2)15-22-19(20-3)21-10-7-13-23-11-4-5-12-23/h6,8-9,14,17H,4-5,7,10-13,15H2,1-3H3,(H2,20,21,22). The van der Waals surface area contributed by atoms with Crippen molar-refractivity contribution in [3.63, 3.8) is 0 Å². The van der Waals surface area contributed by atoms with Gasteiger partial charge in [0.15, 0.2) is 5.96 Å². The predicted molar refractivity (Wildman–Crippen MR) is 99.2 cm³/mol. The van der Waals surface area contributed by atoms with Gasteiger partial charge in [-0.2, -0.15) is 0 Å². The molecule has 0 spiro atoms. The summed E-state index contributed by atoms with van der Waals surface area (Å²) in [5.74, 6) is 1.38. The highest BCUT2D eigenvalue weighted by Crippen LogP contribution is 2.15. The fourth-order valence-electron chi connectivity index (χ4n) is 3.08. The molecule has 1 aliphatic heterocycles. The molecule has 0 radical (unpaired) electrons. The first-order valence-corrected chi connectivity index (χ1v) is 8.92. The van der Waals surface area contributed by atoms with Gasteiger partial charge in [0.2, 0.25) is 0 Å². The van der Waals surface area contributed by atoms with Crippen LogP contribution in [0.5, 0.6) is 0 Å². The monoisotopic (exact) mass is 316 g/mol. The van der Waals surface area contributed by atoms with E-state index in [2.05, 4.69) is 58.6 Å². The number of guanidine groups is 1. The Kier molecular flexibility index (Phi) is 7.40. The van der Waals surface area contributed by atoms with Crippen LogP contribution in [0.2, 0.25) is 0 Å². The first-order chi connectivity index (χ1) is 11.2. The Hall–Kier alpha value is -1.55. The Labute approximate surface area is 141 Å². The summed E-state index contributed by atoms with van der Waals surface area (Å²) in [6.45, 7) is 10.0. The van der Waals surface area contributed by atoms with Gasteiger partial charge in [-0.05, 0) is 57.3 Å². The van der Waals surface area contributed by atoms with Crippen LogP contribution in [-0.4, -0.2) is 50.6 Å². The predicted octanol–water partition coefficient (Wildman–Crippen LogP) is 2.75. The summed E-state index contributed by atoms with van der Waals surface area (Å²) in [5, 5.41) is 6.86.